The Labute approximate surface area is 135 Å². The Morgan fingerprint density at radius 1 is 1.27 bits per heavy atom. The van der Waals surface area contributed by atoms with Gasteiger partial charge in [-0.3, -0.25) is 4.90 Å². The fourth-order valence-electron chi connectivity index (χ4n) is 3.01. The van der Waals surface area contributed by atoms with Crippen LogP contribution < -0.4 is 4.72 Å². The van der Waals surface area contributed by atoms with Crippen LogP contribution in [0.5, 0.6) is 0 Å². The Kier molecular flexibility index (Phi) is 5.64. The highest BCUT2D eigenvalue weighted by Gasteiger charge is 2.23. The van der Waals surface area contributed by atoms with Crippen molar-refractivity contribution in [2.24, 2.45) is 5.92 Å². The Morgan fingerprint density at radius 3 is 2.50 bits per heavy atom. The summed E-state index contributed by atoms with van der Waals surface area (Å²) in [5.41, 5.74) is 1.87. The molecule has 0 spiro atoms. The van der Waals surface area contributed by atoms with Crippen molar-refractivity contribution in [2.45, 2.75) is 51.5 Å². The lowest BCUT2D eigenvalue weighted by molar-refractivity contribution is 0.148. The van der Waals surface area contributed by atoms with Gasteiger partial charge in [-0.1, -0.05) is 24.6 Å². The molecule has 1 aromatic rings. The molecule has 1 aliphatic rings. The first-order valence-corrected chi connectivity index (χ1v) is 9.59. The number of sulfonamides is 1. The Bertz CT molecular complexity index is 605. The van der Waals surface area contributed by atoms with E-state index in [-0.39, 0.29) is 6.04 Å². The van der Waals surface area contributed by atoms with Crippen LogP contribution in [0, 0.1) is 19.8 Å². The van der Waals surface area contributed by atoms with E-state index in [4.69, 9.17) is 0 Å². The number of piperidine rings is 1. The summed E-state index contributed by atoms with van der Waals surface area (Å²) in [5, 5.41) is 0. The van der Waals surface area contributed by atoms with E-state index >= 15 is 0 Å². The maximum absolute atomic E-state index is 12.5. The van der Waals surface area contributed by atoms with Crippen molar-refractivity contribution in [1.82, 2.24) is 9.62 Å². The number of hydrogen-bond acceptors (Lipinski definition) is 3. The van der Waals surface area contributed by atoms with Crippen molar-refractivity contribution < 1.29 is 8.42 Å². The summed E-state index contributed by atoms with van der Waals surface area (Å²) in [7, 11) is -3.43. The summed E-state index contributed by atoms with van der Waals surface area (Å²) in [6.45, 7) is 10.8. The highest BCUT2D eigenvalue weighted by atomic mass is 32.2. The SMILES string of the molecule is Cc1ccc(S(=O)(=O)NCC(C)N2CCC(C)CC2)c(C)c1. The summed E-state index contributed by atoms with van der Waals surface area (Å²) in [6.07, 6.45) is 2.41. The summed E-state index contributed by atoms with van der Waals surface area (Å²) in [5.74, 6) is 0.787. The maximum atomic E-state index is 12.5. The molecule has 1 N–H and O–H groups in total. The number of hydrogen-bond donors (Lipinski definition) is 1. The molecular formula is C17H28N2O2S. The second kappa shape index (κ2) is 7.11. The molecule has 1 aromatic carbocycles. The third kappa shape index (κ3) is 4.31. The average Bonchev–Trinajstić information content (AvgIpc) is 2.45. The van der Waals surface area contributed by atoms with Gasteiger partial charge in [0.25, 0.3) is 0 Å². The van der Waals surface area contributed by atoms with Gasteiger partial charge in [-0.15, -0.1) is 0 Å². The standard InChI is InChI=1S/C17H28N2O2S/c1-13-7-9-19(10-8-13)16(4)12-18-22(20,21)17-6-5-14(2)11-15(17)3/h5-6,11,13,16,18H,7-10,12H2,1-4H3. The fourth-order valence-corrected chi connectivity index (χ4v) is 4.35. The first-order chi connectivity index (χ1) is 10.3. The lowest BCUT2D eigenvalue weighted by Crippen LogP contribution is -2.45. The van der Waals surface area contributed by atoms with Crippen LogP contribution in [0.4, 0.5) is 0 Å². The molecular weight excluding hydrogens is 296 g/mol. The van der Waals surface area contributed by atoms with E-state index < -0.39 is 10.0 Å². The van der Waals surface area contributed by atoms with E-state index in [1.165, 1.54) is 12.8 Å². The molecule has 1 heterocycles. The van der Waals surface area contributed by atoms with E-state index in [9.17, 15) is 8.42 Å². The Balaban J connectivity index is 1.97. The van der Waals surface area contributed by atoms with Crippen LogP contribution >= 0.6 is 0 Å². The molecule has 0 amide bonds. The van der Waals surface area contributed by atoms with Crippen molar-refractivity contribution in [3.8, 4) is 0 Å². The third-order valence-corrected chi connectivity index (χ3v) is 6.21. The van der Waals surface area contributed by atoms with E-state index in [0.717, 1.165) is 30.1 Å². The third-order valence-electron chi connectivity index (χ3n) is 4.63. The minimum Gasteiger partial charge on any atom is -0.299 e. The smallest absolute Gasteiger partial charge is 0.240 e. The quantitative estimate of drug-likeness (QED) is 0.906. The molecule has 0 bridgehead atoms. The topological polar surface area (TPSA) is 49.4 Å². The van der Waals surface area contributed by atoms with Crippen molar-refractivity contribution in [3.05, 3.63) is 29.3 Å². The Hall–Kier alpha value is -0.910. The lowest BCUT2D eigenvalue weighted by atomic mass is 9.98. The molecule has 0 aromatic heterocycles. The van der Waals surface area contributed by atoms with Gasteiger partial charge >= 0.3 is 0 Å². The predicted octanol–water partition coefficient (Wildman–Crippen LogP) is 2.70. The van der Waals surface area contributed by atoms with Gasteiger partial charge in [0.2, 0.25) is 10.0 Å². The van der Waals surface area contributed by atoms with Crippen LogP contribution in [0.25, 0.3) is 0 Å². The zero-order chi connectivity index (χ0) is 16.3. The van der Waals surface area contributed by atoms with Crippen molar-refractivity contribution in [3.63, 3.8) is 0 Å². The lowest BCUT2D eigenvalue weighted by Gasteiger charge is -2.35. The van der Waals surface area contributed by atoms with Gasteiger partial charge in [0.05, 0.1) is 4.90 Å². The van der Waals surface area contributed by atoms with Crippen LogP contribution in [0.15, 0.2) is 23.1 Å². The molecule has 1 aliphatic heterocycles. The van der Waals surface area contributed by atoms with E-state index in [1.807, 2.05) is 26.0 Å². The maximum Gasteiger partial charge on any atom is 0.240 e. The fraction of sp³-hybridized carbons (Fsp3) is 0.647. The number of rotatable bonds is 5. The number of aryl methyl sites for hydroxylation is 2. The summed E-state index contributed by atoms with van der Waals surface area (Å²) in [4.78, 5) is 2.77. The molecule has 0 radical (unpaired) electrons. The van der Waals surface area contributed by atoms with Crippen molar-refractivity contribution >= 4 is 10.0 Å². The summed E-state index contributed by atoms with van der Waals surface area (Å²) < 4.78 is 27.7. The molecule has 2 rings (SSSR count). The molecule has 124 valence electrons. The molecule has 5 heteroatoms. The normalized spacial score (nSPS) is 19.3. The van der Waals surface area contributed by atoms with Gasteiger partial charge in [-0.25, -0.2) is 13.1 Å². The van der Waals surface area contributed by atoms with Crippen LogP contribution in [-0.4, -0.2) is 39.0 Å². The Morgan fingerprint density at radius 2 is 1.91 bits per heavy atom. The molecule has 22 heavy (non-hydrogen) atoms. The number of likely N-dealkylation sites (tertiary alicyclic amines) is 1. The zero-order valence-electron chi connectivity index (χ0n) is 14.1. The first-order valence-electron chi connectivity index (χ1n) is 8.10. The number of benzene rings is 1. The van der Waals surface area contributed by atoms with Gasteiger partial charge in [0.15, 0.2) is 0 Å². The molecule has 1 fully saturated rings. The molecule has 4 nitrogen and oxygen atoms in total. The largest absolute Gasteiger partial charge is 0.299 e. The molecule has 1 atom stereocenters. The molecule has 0 aliphatic carbocycles. The zero-order valence-corrected chi connectivity index (χ0v) is 14.9. The number of nitrogens with one attached hydrogen (secondary N) is 1. The van der Waals surface area contributed by atoms with E-state index in [1.54, 1.807) is 6.07 Å². The van der Waals surface area contributed by atoms with Gasteiger partial charge < -0.3 is 0 Å². The van der Waals surface area contributed by atoms with Gasteiger partial charge in [-0.05, 0) is 64.3 Å². The second-order valence-electron chi connectivity index (χ2n) is 6.69. The summed E-state index contributed by atoms with van der Waals surface area (Å²) in [6, 6.07) is 5.68. The second-order valence-corrected chi connectivity index (χ2v) is 8.42. The van der Waals surface area contributed by atoms with Crippen molar-refractivity contribution in [2.75, 3.05) is 19.6 Å². The predicted molar refractivity (Wildman–Crippen MR) is 90.5 cm³/mol. The molecule has 1 unspecified atom stereocenters. The molecule has 0 saturated carbocycles. The van der Waals surface area contributed by atoms with Crippen LogP contribution in [-0.2, 0) is 10.0 Å². The monoisotopic (exact) mass is 324 g/mol. The van der Waals surface area contributed by atoms with Crippen LogP contribution in [0.1, 0.15) is 37.8 Å². The van der Waals surface area contributed by atoms with Crippen molar-refractivity contribution in [1.29, 1.82) is 0 Å². The van der Waals surface area contributed by atoms with E-state index in [0.29, 0.717) is 11.4 Å². The number of nitrogens with zero attached hydrogens (tertiary/aromatic N) is 1. The van der Waals surface area contributed by atoms with E-state index in [2.05, 4.69) is 23.5 Å². The van der Waals surface area contributed by atoms with Gasteiger partial charge in [-0.2, -0.15) is 0 Å². The minimum absolute atomic E-state index is 0.230. The summed E-state index contributed by atoms with van der Waals surface area (Å²) >= 11 is 0. The minimum atomic E-state index is -3.43. The van der Waals surface area contributed by atoms with Crippen LogP contribution in [0.2, 0.25) is 0 Å². The highest BCUT2D eigenvalue weighted by Crippen LogP contribution is 2.19. The van der Waals surface area contributed by atoms with Crippen LogP contribution in [0.3, 0.4) is 0 Å². The molecule has 1 saturated heterocycles. The highest BCUT2D eigenvalue weighted by molar-refractivity contribution is 7.89. The van der Waals surface area contributed by atoms with Gasteiger partial charge in [0.1, 0.15) is 0 Å². The average molecular weight is 324 g/mol. The first kappa shape index (κ1) is 17.4. The van der Waals surface area contributed by atoms with Gasteiger partial charge in [0, 0.05) is 12.6 Å².